The molecule has 156 valence electrons. The minimum Gasteiger partial charge on any atom is -0.356 e. The maximum atomic E-state index is 12.0. The Morgan fingerprint density at radius 3 is 2.71 bits per heavy atom. The van der Waals surface area contributed by atoms with Gasteiger partial charge in [0.1, 0.15) is 0 Å². The van der Waals surface area contributed by atoms with Crippen molar-refractivity contribution in [1.29, 1.82) is 0 Å². The van der Waals surface area contributed by atoms with Crippen molar-refractivity contribution in [3.05, 3.63) is 29.8 Å². The number of rotatable bonds is 5. The minimum atomic E-state index is 0. The van der Waals surface area contributed by atoms with Crippen LogP contribution in [0.3, 0.4) is 0 Å². The second-order valence-corrected chi connectivity index (χ2v) is 7.94. The van der Waals surface area contributed by atoms with E-state index in [1.807, 2.05) is 18.2 Å². The Balaban J connectivity index is 0.00000280. The first-order valence-corrected chi connectivity index (χ1v) is 10.1. The molecule has 3 N–H and O–H groups in total. The molecule has 2 heterocycles. The first-order valence-electron chi connectivity index (χ1n) is 10.1. The topological polar surface area (TPSA) is 68.8 Å². The molecule has 1 amide bonds. The SMILES string of the molecule is CN=C(NCC1CC(=O)Nc2ccccc21)NCC(C)N1CCC(C)CC1.I. The summed E-state index contributed by atoms with van der Waals surface area (Å²) in [7, 11) is 1.80. The third kappa shape index (κ3) is 6.07. The Labute approximate surface area is 186 Å². The Bertz CT molecular complexity index is 673. The van der Waals surface area contributed by atoms with Gasteiger partial charge in [-0.1, -0.05) is 25.1 Å². The second-order valence-electron chi connectivity index (χ2n) is 7.94. The molecule has 7 heteroatoms. The molecule has 1 aromatic carbocycles. The van der Waals surface area contributed by atoms with Gasteiger partial charge in [-0.15, -0.1) is 24.0 Å². The maximum Gasteiger partial charge on any atom is 0.225 e. The van der Waals surface area contributed by atoms with Crippen molar-refractivity contribution in [2.75, 3.05) is 38.5 Å². The summed E-state index contributed by atoms with van der Waals surface area (Å²) in [5, 5.41) is 9.81. The predicted molar refractivity (Wildman–Crippen MR) is 127 cm³/mol. The summed E-state index contributed by atoms with van der Waals surface area (Å²) in [6.45, 7) is 8.55. The number of piperidine rings is 1. The number of likely N-dealkylation sites (tertiary alicyclic amines) is 1. The number of anilines is 1. The molecule has 0 aromatic heterocycles. The van der Waals surface area contributed by atoms with E-state index in [0.717, 1.165) is 24.1 Å². The number of carbonyl (C=O) groups is 1. The number of aliphatic imine (C=N–C) groups is 1. The van der Waals surface area contributed by atoms with E-state index in [4.69, 9.17) is 0 Å². The molecule has 0 bridgehead atoms. The number of halogens is 1. The highest BCUT2D eigenvalue weighted by molar-refractivity contribution is 14.0. The van der Waals surface area contributed by atoms with E-state index in [1.54, 1.807) is 7.05 Å². The Morgan fingerprint density at radius 1 is 1.29 bits per heavy atom. The molecule has 1 aromatic rings. The van der Waals surface area contributed by atoms with Gasteiger partial charge in [0, 0.05) is 44.2 Å². The summed E-state index contributed by atoms with van der Waals surface area (Å²) < 4.78 is 0. The summed E-state index contributed by atoms with van der Waals surface area (Å²) in [4.78, 5) is 18.9. The number of hydrogen-bond acceptors (Lipinski definition) is 3. The molecule has 0 radical (unpaired) electrons. The Kier molecular flexibility index (Phi) is 9.01. The van der Waals surface area contributed by atoms with Crippen LogP contribution in [0.5, 0.6) is 0 Å². The molecule has 0 spiro atoms. The lowest BCUT2D eigenvalue weighted by Gasteiger charge is -2.35. The van der Waals surface area contributed by atoms with Crippen LogP contribution in [0.1, 0.15) is 44.6 Å². The molecule has 1 saturated heterocycles. The van der Waals surface area contributed by atoms with Crippen molar-refractivity contribution in [2.24, 2.45) is 10.9 Å². The molecule has 28 heavy (non-hydrogen) atoms. The van der Waals surface area contributed by atoms with Crippen molar-refractivity contribution >= 4 is 41.5 Å². The smallest absolute Gasteiger partial charge is 0.225 e. The average molecular weight is 499 g/mol. The minimum absolute atomic E-state index is 0. The highest BCUT2D eigenvalue weighted by Gasteiger charge is 2.25. The lowest BCUT2D eigenvalue weighted by atomic mass is 9.90. The fourth-order valence-corrected chi connectivity index (χ4v) is 3.97. The standard InChI is InChI=1S/C21H33N5O.HI/c1-15-8-10-26(11-9-15)16(2)13-23-21(22-3)24-14-17-12-20(27)25-19-7-5-4-6-18(17)19;/h4-7,15-17H,8-14H2,1-3H3,(H,25,27)(H2,22,23,24);1H. The summed E-state index contributed by atoms with van der Waals surface area (Å²) in [5.74, 6) is 1.90. The number of fused-ring (bicyclic) bond motifs is 1. The van der Waals surface area contributed by atoms with Crippen LogP contribution in [0.2, 0.25) is 0 Å². The summed E-state index contributed by atoms with van der Waals surface area (Å²) >= 11 is 0. The van der Waals surface area contributed by atoms with Crippen LogP contribution in [0.25, 0.3) is 0 Å². The molecule has 2 unspecified atom stereocenters. The number of guanidine groups is 1. The molecule has 1 fully saturated rings. The molecule has 6 nitrogen and oxygen atoms in total. The lowest BCUT2D eigenvalue weighted by Crippen LogP contribution is -2.48. The van der Waals surface area contributed by atoms with Gasteiger partial charge in [-0.05, 0) is 50.4 Å². The molecule has 2 aliphatic heterocycles. The van der Waals surface area contributed by atoms with Gasteiger partial charge < -0.3 is 16.0 Å². The lowest BCUT2D eigenvalue weighted by molar-refractivity contribution is -0.116. The monoisotopic (exact) mass is 499 g/mol. The Hall–Kier alpha value is -1.35. The molecule has 2 atom stereocenters. The van der Waals surface area contributed by atoms with E-state index in [-0.39, 0.29) is 35.8 Å². The second kappa shape index (κ2) is 11.0. The van der Waals surface area contributed by atoms with Crippen LogP contribution in [-0.2, 0) is 4.79 Å². The van der Waals surface area contributed by atoms with Crippen LogP contribution >= 0.6 is 24.0 Å². The summed E-state index contributed by atoms with van der Waals surface area (Å²) in [6.07, 6.45) is 3.09. The van der Waals surface area contributed by atoms with Crippen molar-refractivity contribution in [2.45, 2.75) is 45.1 Å². The van der Waals surface area contributed by atoms with Crippen LogP contribution in [-0.4, -0.2) is 56.0 Å². The van der Waals surface area contributed by atoms with Crippen molar-refractivity contribution in [3.8, 4) is 0 Å². The first-order chi connectivity index (χ1) is 13.1. The average Bonchev–Trinajstić information content (AvgIpc) is 2.68. The molecule has 2 aliphatic rings. The van der Waals surface area contributed by atoms with E-state index in [9.17, 15) is 4.79 Å². The van der Waals surface area contributed by atoms with Gasteiger partial charge in [-0.3, -0.25) is 14.7 Å². The van der Waals surface area contributed by atoms with E-state index in [0.29, 0.717) is 19.0 Å². The van der Waals surface area contributed by atoms with Crippen LogP contribution in [0, 0.1) is 5.92 Å². The van der Waals surface area contributed by atoms with Gasteiger partial charge in [0.2, 0.25) is 5.91 Å². The molecular formula is C21H34IN5O. The van der Waals surface area contributed by atoms with Crippen LogP contribution < -0.4 is 16.0 Å². The molecule has 3 rings (SSSR count). The van der Waals surface area contributed by atoms with E-state index in [1.165, 1.54) is 31.5 Å². The third-order valence-electron chi connectivity index (χ3n) is 5.85. The van der Waals surface area contributed by atoms with E-state index >= 15 is 0 Å². The quantitative estimate of drug-likeness (QED) is 0.331. The number of nitrogens with one attached hydrogen (secondary N) is 3. The number of hydrogen-bond donors (Lipinski definition) is 3. The van der Waals surface area contributed by atoms with Crippen LogP contribution in [0.4, 0.5) is 5.69 Å². The van der Waals surface area contributed by atoms with Crippen LogP contribution in [0.15, 0.2) is 29.3 Å². The number of nitrogens with zero attached hydrogens (tertiary/aromatic N) is 2. The van der Waals surface area contributed by atoms with E-state index < -0.39 is 0 Å². The number of para-hydroxylation sites is 1. The zero-order valence-electron chi connectivity index (χ0n) is 17.2. The van der Waals surface area contributed by atoms with Gasteiger partial charge in [0.05, 0.1) is 0 Å². The maximum absolute atomic E-state index is 12.0. The first kappa shape index (κ1) is 22.9. The highest BCUT2D eigenvalue weighted by atomic mass is 127. The zero-order chi connectivity index (χ0) is 19.2. The predicted octanol–water partition coefficient (Wildman–Crippen LogP) is 3.02. The summed E-state index contributed by atoms with van der Waals surface area (Å²) in [6, 6.07) is 8.53. The molecular weight excluding hydrogens is 465 g/mol. The Morgan fingerprint density at radius 2 is 2.00 bits per heavy atom. The van der Waals surface area contributed by atoms with Gasteiger partial charge in [0.25, 0.3) is 0 Å². The molecule has 0 saturated carbocycles. The highest BCUT2D eigenvalue weighted by Crippen LogP contribution is 2.31. The van der Waals surface area contributed by atoms with Crippen molar-refractivity contribution in [1.82, 2.24) is 15.5 Å². The summed E-state index contributed by atoms with van der Waals surface area (Å²) in [5.41, 5.74) is 2.12. The number of benzene rings is 1. The van der Waals surface area contributed by atoms with Gasteiger partial charge >= 0.3 is 0 Å². The fraction of sp³-hybridized carbons (Fsp3) is 0.619. The van der Waals surface area contributed by atoms with Gasteiger partial charge in [-0.2, -0.15) is 0 Å². The molecule has 0 aliphatic carbocycles. The van der Waals surface area contributed by atoms with Gasteiger partial charge in [0.15, 0.2) is 5.96 Å². The number of carbonyl (C=O) groups excluding carboxylic acids is 1. The fourth-order valence-electron chi connectivity index (χ4n) is 3.97. The van der Waals surface area contributed by atoms with Crippen molar-refractivity contribution in [3.63, 3.8) is 0 Å². The number of amides is 1. The van der Waals surface area contributed by atoms with Gasteiger partial charge in [-0.25, -0.2) is 0 Å². The van der Waals surface area contributed by atoms with E-state index in [2.05, 4.69) is 45.8 Å². The largest absolute Gasteiger partial charge is 0.356 e. The normalized spacial score (nSPS) is 21.9. The van der Waals surface area contributed by atoms with Crippen molar-refractivity contribution < 1.29 is 4.79 Å². The zero-order valence-corrected chi connectivity index (χ0v) is 19.5. The third-order valence-corrected chi connectivity index (χ3v) is 5.85.